The first-order valence-corrected chi connectivity index (χ1v) is 7.08. The van der Waals surface area contributed by atoms with Crippen LogP contribution in [-0.2, 0) is 10.2 Å². The Balaban J connectivity index is 1.83. The van der Waals surface area contributed by atoms with Crippen molar-refractivity contribution in [3.63, 3.8) is 0 Å². The summed E-state index contributed by atoms with van der Waals surface area (Å²) in [6.45, 7) is 0.141. The van der Waals surface area contributed by atoms with Gasteiger partial charge in [0.2, 0.25) is 12.7 Å². The van der Waals surface area contributed by atoms with Gasteiger partial charge in [0.05, 0.1) is 0 Å². The molecule has 0 saturated carbocycles. The van der Waals surface area contributed by atoms with Crippen molar-refractivity contribution in [2.75, 3.05) is 12.1 Å². The van der Waals surface area contributed by atoms with Gasteiger partial charge in [0.1, 0.15) is 5.41 Å². The summed E-state index contributed by atoms with van der Waals surface area (Å²) in [6.07, 6.45) is 0.147. The van der Waals surface area contributed by atoms with Crippen molar-refractivity contribution in [2.24, 2.45) is 0 Å². The maximum Gasteiger partial charge on any atom is 0.240 e. The van der Waals surface area contributed by atoms with Gasteiger partial charge in [-0.25, -0.2) is 0 Å². The molecule has 2 aliphatic heterocycles. The van der Waals surface area contributed by atoms with E-state index in [4.69, 9.17) is 9.47 Å². The van der Waals surface area contributed by atoms with E-state index in [9.17, 15) is 9.59 Å². The van der Waals surface area contributed by atoms with Gasteiger partial charge in [0, 0.05) is 17.7 Å². The second-order valence-corrected chi connectivity index (χ2v) is 5.76. The molecule has 1 amide bonds. The monoisotopic (exact) mass is 293 g/mol. The van der Waals surface area contributed by atoms with Gasteiger partial charge in [-0.05, 0) is 29.3 Å². The molecule has 0 fully saturated rings. The zero-order chi connectivity index (χ0) is 14.9. The molecular formula is C17H11NO4. The Morgan fingerprint density at radius 1 is 1.00 bits per heavy atom. The second kappa shape index (κ2) is 3.68. The molecule has 1 N–H and O–H groups in total. The first kappa shape index (κ1) is 11.8. The van der Waals surface area contributed by atoms with Crippen LogP contribution in [0.1, 0.15) is 27.9 Å². The highest BCUT2D eigenvalue weighted by molar-refractivity contribution is 6.18. The van der Waals surface area contributed by atoms with Crippen molar-refractivity contribution < 1.29 is 19.1 Å². The van der Waals surface area contributed by atoms with Crippen LogP contribution < -0.4 is 14.8 Å². The van der Waals surface area contributed by atoms with Crippen molar-refractivity contribution in [3.8, 4) is 11.5 Å². The third kappa shape index (κ3) is 1.20. The summed E-state index contributed by atoms with van der Waals surface area (Å²) in [7, 11) is 0. The number of amides is 1. The number of anilines is 1. The number of carbonyl (C=O) groups excluding carboxylic acids is 2. The first-order chi connectivity index (χ1) is 10.7. The number of benzene rings is 2. The highest BCUT2D eigenvalue weighted by Crippen LogP contribution is 2.53. The van der Waals surface area contributed by atoms with E-state index in [1.54, 1.807) is 12.1 Å². The molecule has 2 aromatic rings. The third-order valence-electron chi connectivity index (χ3n) is 4.72. The molecule has 0 saturated heterocycles. The van der Waals surface area contributed by atoms with Crippen LogP contribution >= 0.6 is 0 Å². The summed E-state index contributed by atoms with van der Waals surface area (Å²) in [5, 5.41) is 2.90. The fraction of sp³-hybridized carbons (Fsp3) is 0.176. The molecule has 3 aliphatic rings. The zero-order valence-corrected chi connectivity index (χ0v) is 11.5. The minimum absolute atomic E-state index is 0.0415. The number of nitrogens with one attached hydrogen (secondary N) is 1. The van der Waals surface area contributed by atoms with Gasteiger partial charge in [0.15, 0.2) is 17.3 Å². The molecule has 22 heavy (non-hydrogen) atoms. The molecule has 5 rings (SSSR count). The van der Waals surface area contributed by atoms with E-state index in [0.29, 0.717) is 22.6 Å². The van der Waals surface area contributed by atoms with Crippen LogP contribution in [0, 0.1) is 0 Å². The van der Waals surface area contributed by atoms with E-state index in [2.05, 4.69) is 5.32 Å². The maximum atomic E-state index is 12.7. The predicted molar refractivity (Wildman–Crippen MR) is 77.4 cm³/mol. The molecule has 1 atom stereocenters. The van der Waals surface area contributed by atoms with Crippen LogP contribution in [0.5, 0.6) is 11.5 Å². The quantitative estimate of drug-likeness (QED) is 0.809. The summed E-state index contributed by atoms with van der Waals surface area (Å²) in [5.74, 6) is 0.959. The van der Waals surface area contributed by atoms with E-state index in [-0.39, 0.29) is 24.9 Å². The molecule has 5 nitrogen and oxygen atoms in total. The fourth-order valence-corrected chi connectivity index (χ4v) is 3.72. The van der Waals surface area contributed by atoms with Gasteiger partial charge in [-0.15, -0.1) is 0 Å². The molecular weight excluding hydrogens is 282 g/mol. The zero-order valence-electron chi connectivity index (χ0n) is 11.5. The van der Waals surface area contributed by atoms with Crippen LogP contribution in [0.3, 0.4) is 0 Å². The van der Waals surface area contributed by atoms with Crippen LogP contribution in [0.2, 0.25) is 0 Å². The van der Waals surface area contributed by atoms with Gasteiger partial charge in [0.25, 0.3) is 0 Å². The molecule has 0 aromatic heterocycles. The summed E-state index contributed by atoms with van der Waals surface area (Å²) in [6, 6.07) is 11.0. The number of para-hydroxylation sites is 1. The number of ether oxygens (including phenoxy) is 2. The fourth-order valence-electron chi connectivity index (χ4n) is 3.72. The lowest BCUT2D eigenvalue weighted by Gasteiger charge is -2.22. The van der Waals surface area contributed by atoms with E-state index >= 15 is 0 Å². The first-order valence-electron chi connectivity index (χ1n) is 7.08. The third-order valence-corrected chi connectivity index (χ3v) is 4.72. The largest absolute Gasteiger partial charge is 0.454 e. The van der Waals surface area contributed by atoms with Crippen LogP contribution in [-0.4, -0.2) is 18.5 Å². The summed E-state index contributed by atoms with van der Waals surface area (Å²) >= 11 is 0. The van der Waals surface area contributed by atoms with Crippen molar-refractivity contribution in [1.82, 2.24) is 0 Å². The predicted octanol–water partition coefficient (Wildman–Crippen LogP) is 2.24. The molecule has 1 spiro atoms. The normalized spacial score (nSPS) is 23.6. The summed E-state index contributed by atoms with van der Waals surface area (Å²) in [4.78, 5) is 25.2. The minimum atomic E-state index is -0.940. The molecule has 1 unspecified atom stereocenters. The molecule has 2 aromatic carbocycles. The van der Waals surface area contributed by atoms with Crippen molar-refractivity contribution in [1.29, 1.82) is 0 Å². The van der Waals surface area contributed by atoms with Crippen molar-refractivity contribution >= 4 is 17.4 Å². The number of fused-ring (bicyclic) bond motifs is 5. The summed E-state index contributed by atoms with van der Waals surface area (Å²) < 4.78 is 10.8. The molecule has 108 valence electrons. The summed E-state index contributed by atoms with van der Waals surface area (Å²) in [5.41, 5.74) is 1.95. The average Bonchev–Trinajstić information content (AvgIpc) is 3.16. The molecule has 2 heterocycles. The van der Waals surface area contributed by atoms with Crippen molar-refractivity contribution in [2.45, 2.75) is 11.8 Å². The molecule has 1 aliphatic carbocycles. The van der Waals surface area contributed by atoms with Crippen LogP contribution in [0.15, 0.2) is 36.4 Å². The van der Waals surface area contributed by atoms with Gasteiger partial charge in [-0.2, -0.15) is 0 Å². The number of ketones is 1. The average molecular weight is 293 g/mol. The Labute approximate surface area is 125 Å². The minimum Gasteiger partial charge on any atom is -0.454 e. The SMILES string of the molecule is O=C1CC2(C(=O)Nc3ccccc32)c2cc3c(cc21)OCO3. The Bertz CT molecular complexity index is 873. The Morgan fingerprint density at radius 2 is 1.77 bits per heavy atom. The maximum absolute atomic E-state index is 12.7. The van der Waals surface area contributed by atoms with Gasteiger partial charge >= 0.3 is 0 Å². The number of Topliss-reactive ketones (excluding diaryl/α,β-unsaturated/α-hetero) is 1. The standard InChI is InChI=1S/C17H11NO4/c19-13-7-17(10-3-1-2-4-12(10)18-16(17)20)11-6-15-14(5-9(11)13)21-8-22-15/h1-6H,7-8H2,(H,18,20). The lowest BCUT2D eigenvalue weighted by atomic mass is 9.76. The van der Waals surface area contributed by atoms with Crippen LogP contribution in [0.4, 0.5) is 5.69 Å². The molecule has 0 bridgehead atoms. The highest BCUT2D eigenvalue weighted by Gasteiger charge is 2.55. The smallest absolute Gasteiger partial charge is 0.240 e. The Morgan fingerprint density at radius 3 is 2.64 bits per heavy atom. The topological polar surface area (TPSA) is 64.6 Å². The van der Waals surface area contributed by atoms with Gasteiger partial charge in [-0.1, -0.05) is 18.2 Å². The molecule has 0 radical (unpaired) electrons. The molecule has 5 heteroatoms. The lowest BCUT2D eigenvalue weighted by Crippen LogP contribution is -2.33. The number of rotatable bonds is 0. The van der Waals surface area contributed by atoms with Crippen LogP contribution in [0.25, 0.3) is 0 Å². The number of hydrogen-bond acceptors (Lipinski definition) is 4. The Hall–Kier alpha value is -2.82. The van der Waals surface area contributed by atoms with Gasteiger partial charge < -0.3 is 14.8 Å². The van der Waals surface area contributed by atoms with Crippen molar-refractivity contribution in [3.05, 3.63) is 53.1 Å². The lowest BCUT2D eigenvalue weighted by molar-refractivity contribution is -0.119. The number of carbonyl (C=O) groups is 2. The van der Waals surface area contributed by atoms with E-state index in [1.807, 2.05) is 24.3 Å². The number of hydrogen-bond donors (Lipinski definition) is 1. The second-order valence-electron chi connectivity index (χ2n) is 5.76. The Kier molecular flexibility index (Phi) is 1.97. The highest BCUT2D eigenvalue weighted by atomic mass is 16.7. The van der Waals surface area contributed by atoms with E-state index in [1.165, 1.54) is 0 Å². The van der Waals surface area contributed by atoms with Gasteiger partial charge in [-0.3, -0.25) is 9.59 Å². The van der Waals surface area contributed by atoms with E-state index < -0.39 is 5.41 Å². The van der Waals surface area contributed by atoms with E-state index in [0.717, 1.165) is 11.3 Å².